The van der Waals surface area contributed by atoms with Gasteiger partial charge in [0, 0.05) is 0 Å². The zero-order valence-corrected chi connectivity index (χ0v) is 75.0. The van der Waals surface area contributed by atoms with Gasteiger partial charge in [-0.2, -0.15) is 0 Å². The maximum absolute atomic E-state index is 7.88. The molecule has 0 saturated carbocycles. The van der Waals surface area contributed by atoms with Crippen molar-refractivity contribution in [1.29, 1.82) is 0 Å². The second-order valence-corrected chi connectivity index (χ2v) is 43.6. The molecule has 1 heterocycles. The van der Waals surface area contributed by atoms with Crippen LogP contribution in [-0.4, -0.2) is 0 Å². The number of hydrogen-bond donors (Lipinski definition) is 0. The summed E-state index contributed by atoms with van der Waals surface area (Å²) in [6.45, 7) is 0. The van der Waals surface area contributed by atoms with Crippen LogP contribution in [0, 0.1) is 0 Å². The molecule has 0 radical (unpaired) electrons. The normalized spacial score (nSPS) is 15.2. The van der Waals surface area contributed by atoms with E-state index in [-0.39, 0.29) is 92.0 Å². The van der Waals surface area contributed by atoms with Crippen molar-refractivity contribution in [3.8, 4) is 92.0 Å². The highest BCUT2D eigenvalue weighted by atomic mass is 31.3. The molecular formula is C96H80N8O16P8. The van der Waals surface area contributed by atoms with E-state index < -0.39 is 61.3 Å². The summed E-state index contributed by atoms with van der Waals surface area (Å²) in [5, 5.41) is 0. The quantitative estimate of drug-likeness (QED) is 0.0356. The van der Waals surface area contributed by atoms with Crippen molar-refractivity contribution in [2.24, 2.45) is 36.1 Å². The summed E-state index contributed by atoms with van der Waals surface area (Å²) in [5.74, 6) is 1.51. The van der Waals surface area contributed by atoms with Crippen LogP contribution in [0.2, 0.25) is 0 Å². The van der Waals surface area contributed by atoms with Gasteiger partial charge in [-0.1, -0.05) is 327 Å². The summed E-state index contributed by atoms with van der Waals surface area (Å²) in [7, 11) is -43.5. The molecule has 0 aromatic heterocycles. The Morgan fingerprint density at radius 3 is 0.195 bits per heavy atom. The lowest BCUT2D eigenvalue weighted by molar-refractivity contribution is 0.447. The Morgan fingerprint density at radius 1 is 0.0859 bits per heavy atom. The van der Waals surface area contributed by atoms with Crippen LogP contribution >= 0.6 is 61.3 Å². The van der Waals surface area contributed by atoms with Gasteiger partial charge in [-0.25, -0.2) is 0 Å². The Hall–Kier alpha value is -13.8. The average Bonchev–Trinajstić information content (AvgIpc) is 0.728. The third-order valence-electron chi connectivity index (χ3n) is 17.3. The Bertz CT molecular complexity index is 5140. The first-order valence-corrected chi connectivity index (χ1v) is 52.2. The lowest BCUT2D eigenvalue weighted by atomic mass is 10.3. The number of hydrogen-bond acceptors (Lipinski definition) is 24. The first kappa shape index (κ1) is 86.3. The van der Waals surface area contributed by atoms with Crippen molar-refractivity contribution >= 4 is 61.3 Å². The third-order valence-corrected chi connectivity index (χ3v) is 38.9. The van der Waals surface area contributed by atoms with Crippen LogP contribution in [-0.2, 0) is 0 Å². The van der Waals surface area contributed by atoms with E-state index in [1.54, 1.807) is 388 Å². The van der Waals surface area contributed by atoms with Gasteiger partial charge in [0.05, 0.1) is 0 Å². The van der Waals surface area contributed by atoms with E-state index in [0.717, 1.165) is 0 Å². The molecule has 0 aliphatic carbocycles. The summed E-state index contributed by atoms with van der Waals surface area (Å²) in [4.78, 5) is 0. The van der Waals surface area contributed by atoms with Crippen LogP contribution in [0.15, 0.2) is 521 Å². The standard InChI is InChI=1S/C96H80N8O16P8/c1-17-49-81(50-18-1)105-121(106-82-51-19-2-20-52-82)97-122(107-83-53-21-3-22-54-83,108-84-55-23-4-24-56-84)99-124(111-87-61-29-7-30-62-87,112-88-63-31-8-32-64-88)101-126(115-91-69-37-11-38-70-91,116-92-71-39-12-40-72-92)103-128(119-95-77-45-15-46-78-95,120-96-79-47-16-48-80-96)104-127(117-93-73-41-13-42-74-93,118-94-75-43-14-44-76-94)102-125(113-89-65-33-9-34-66-89,114-90-67-35-10-36-68-90)100-123(98-121,109-85-57-25-5-26-58-85)110-86-59-27-6-28-60-86/h1-80H. The number of para-hydroxylation sites is 16. The smallest absolute Gasteiger partial charge is 0.413 e. The Morgan fingerprint density at radius 2 is 0.141 bits per heavy atom. The molecule has 1 aliphatic heterocycles. The van der Waals surface area contributed by atoms with Crippen LogP contribution in [0.4, 0.5) is 0 Å². The molecule has 640 valence electrons. The van der Waals surface area contributed by atoms with E-state index in [1.807, 2.05) is 97.1 Å². The molecule has 0 bridgehead atoms. The van der Waals surface area contributed by atoms with Gasteiger partial charge in [0.15, 0.2) is 0 Å². The first-order chi connectivity index (χ1) is 62.9. The SMILES string of the molecule is c1ccc(OP2(Oc3ccccc3)=NP(Oc3ccccc3)(Oc3ccccc3)=NP(Oc3ccccc3)(Oc3ccccc3)=NP(Oc3ccccc3)(Oc3ccccc3)=NP(Oc3ccccc3)(Oc3ccccc3)=NP(Oc3ccccc3)(Oc3ccccc3)=NP(Oc3ccccc3)(Oc3ccccc3)=NP(Oc3ccccc3)(Oc3ccccc3)=N2)cc1. The maximum Gasteiger partial charge on any atom is 0.460 e. The van der Waals surface area contributed by atoms with Crippen LogP contribution in [0.3, 0.4) is 0 Å². The molecule has 128 heavy (non-hydrogen) atoms. The van der Waals surface area contributed by atoms with Crippen LogP contribution in [0.25, 0.3) is 0 Å². The molecule has 16 aromatic carbocycles. The monoisotopic (exact) mass is 1850 g/mol. The van der Waals surface area contributed by atoms with E-state index in [9.17, 15) is 0 Å². The predicted molar refractivity (Wildman–Crippen MR) is 508 cm³/mol. The lowest BCUT2D eigenvalue weighted by Crippen LogP contribution is -2.11. The van der Waals surface area contributed by atoms with Gasteiger partial charge >= 0.3 is 61.3 Å². The molecule has 16 aromatic rings. The summed E-state index contributed by atoms with van der Waals surface area (Å²) in [5.41, 5.74) is 0. The van der Waals surface area contributed by atoms with Crippen molar-refractivity contribution in [1.82, 2.24) is 0 Å². The summed E-state index contributed by atoms with van der Waals surface area (Å²) >= 11 is 0. The Labute approximate surface area is 742 Å². The van der Waals surface area contributed by atoms with Crippen molar-refractivity contribution < 1.29 is 72.4 Å². The van der Waals surface area contributed by atoms with Crippen LogP contribution in [0.1, 0.15) is 0 Å². The lowest BCUT2D eigenvalue weighted by Gasteiger charge is -2.33. The second kappa shape index (κ2) is 41.1. The van der Waals surface area contributed by atoms with Gasteiger partial charge in [0.1, 0.15) is 92.0 Å². The molecule has 0 unspecified atom stereocenters. The maximum atomic E-state index is 7.88. The van der Waals surface area contributed by atoms with Crippen molar-refractivity contribution in [2.75, 3.05) is 0 Å². The molecule has 24 nitrogen and oxygen atoms in total. The van der Waals surface area contributed by atoms with Gasteiger partial charge in [-0.3, -0.25) is 0 Å². The summed E-state index contributed by atoms with van der Waals surface area (Å²) in [6.07, 6.45) is 0. The van der Waals surface area contributed by atoms with E-state index in [1.165, 1.54) is 0 Å². The summed E-state index contributed by atoms with van der Waals surface area (Å²) in [6, 6.07) is 140. The largest absolute Gasteiger partial charge is 0.460 e. The van der Waals surface area contributed by atoms with E-state index in [2.05, 4.69) is 0 Å². The fourth-order valence-corrected chi connectivity index (χ4v) is 36.1. The number of nitrogens with zero attached hydrogens (tertiary/aromatic N) is 8. The van der Waals surface area contributed by atoms with Gasteiger partial charge in [0.25, 0.3) is 0 Å². The number of rotatable bonds is 32. The van der Waals surface area contributed by atoms with Gasteiger partial charge in [0.2, 0.25) is 0 Å². The van der Waals surface area contributed by atoms with E-state index in [4.69, 9.17) is 109 Å². The zero-order chi connectivity index (χ0) is 86.8. The van der Waals surface area contributed by atoms with Crippen molar-refractivity contribution in [3.63, 3.8) is 0 Å². The highest BCUT2D eigenvalue weighted by molar-refractivity contribution is 7.80. The predicted octanol–water partition coefficient (Wildman–Crippen LogP) is 32.8. The average molecular weight is 1850 g/mol. The fraction of sp³-hybridized carbons (Fsp3) is 0. The topological polar surface area (TPSA) is 247 Å². The van der Waals surface area contributed by atoms with Crippen molar-refractivity contribution in [2.45, 2.75) is 0 Å². The van der Waals surface area contributed by atoms with E-state index >= 15 is 0 Å². The minimum absolute atomic E-state index is 0.0945. The molecule has 1 aliphatic rings. The fourth-order valence-electron chi connectivity index (χ4n) is 11.9. The first-order valence-electron chi connectivity index (χ1n) is 40.0. The highest BCUT2D eigenvalue weighted by Gasteiger charge is 2.52. The minimum atomic E-state index is -5.44. The third kappa shape index (κ3) is 23.6. The molecule has 0 spiro atoms. The molecule has 0 fully saturated rings. The Kier molecular flexibility index (Phi) is 27.7. The van der Waals surface area contributed by atoms with Gasteiger partial charge < -0.3 is 72.4 Å². The van der Waals surface area contributed by atoms with Crippen molar-refractivity contribution in [3.05, 3.63) is 485 Å². The zero-order valence-electron chi connectivity index (χ0n) is 67.9. The second-order valence-electron chi connectivity index (χ2n) is 27.1. The molecule has 32 heteroatoms. The minimum Gasteiger partial charge on any atom is -0.413 e. The summed E-state index contributed by atoms with van der Waals surface area (Å²) < 4.78 is 175. The Balaban J connectivity index is 1.25. The molecule has 0 amide bonds. The molecular weight excluding hydrogens is 1770 g/mol. The van der Waals surface area contributed by atoms with Gasteiger partial charge in [-0.15, -0.1) is 0 Å². The molecule has 0 N–H and O–H groups in total. The van der Waals surface area contributed by atoms with Gasteiger partial charge in [-0.05, 0) is 194 Å². The number of benzene rings is 16. The highest BCUT2D eigenvalue weighted by Crippen LogP contribution is 2.82. The molecule has 0 saturated heterocycles. The van der Waals surface area contributed by atoms with Crippen LogP contribution in [0.5, 0.6) is 92.0 Å². The van der Waals surface area contributed by atoms with Crippen LogP contribution < -0.4 is 72.4 Å². The van der Waals surface area contributed by atoms with E-state index in [0.29, 0.717) is 0 Å². The molecule has 17 rings (SSSR count). The molecule has 0 atom stereocenters.